The van der Waals surface area contributed by atoms with Crippen LogP contribution in [0.3, 0.4) is 0 Å². The molecule has 0 aliphatic carbocycles. The highest BCUT2D eigenvalue weighted by Crippen LogP contribution is 2.35. The van der Waals surface area contributed by atoms with Crippen LogP contribution in [0.15, 0.2) is 61.1 Å². The Morgan fingerprint density at radius 1 is 1.10 bits per heavy atom. The van der Waals surface area contributed by atoms with E-state index >= 15 is 0 Å². The Balaban J connectivity index is 1.59. The van der Waals surface area contributed by atoms with Crippen LogP contribution in [0.4, 0.5) is 30.2 Å². The molecule has 40 heavy (non-hydrogen) atoms. The summed E-state index contributed by atoms with van der Waals surface area (Å²) in [5.41, 5.74) is 8.16. The lowest BCUT2D eigenvalue weighted by Gasteiger charge is -2.34. The molecule has 208 valence electrons. The summed E-state index contributed by atoms with van der Waals surface area (Å²) in [5.74, 6) is 5.64. The number of carbonyl (C=O) groups excluding carboxylic acids is 1. The number of likely N-dealkylation sites (N-methyl/N-ethyl adjacent to an activating group) is 1. The Hall–Kier alpha value is -4.60. The molecule has 4 rings (SSSR count). The van der Waals surface area contributed by atoms with Gasteiger partial charge in [-0.1, -0.05) is 6.07 Å². The number of hydrogen-bond donors (Lipinski definition) is 3. The van der Waals surface area contributed by atoms with Crippen LogP contribution in [0.2, 0.25) is 0 Å². The van der Waals surface area contributed by atoms with E-state index in [1.807, 2.05) is 18.0 Å². The molecule has 0 radical (unpaired) electrons. The predicted octanol–water partition coefficient (Wildman–Crippen LogP) is 3.92. The maximum Gasteiger partial charge on any atom is 0.416 e. The van der Waals surface area contributed by atoms with Gasteiger partial charge < -0.3 is 20.9 Å². The van der Waals surface area contributed by atoms with E-state index < -0.39 is 17.6 Å². The fourth-order valence-electron chi connectivity index (χ4n) is 4.28. The van der Waals surface area contributed by atoms with E-state index in [2.05, 4.69) is 15.2 Å². The lowest BCUT2D eigenvalue weighted by atomic mass is 10.1. The van der Waals surface area contributed by atoms with Crippen molar-refractivity contribution in [1.82, 2.24) is 9.88 Å². The van der Waals surface area contributed by atoms with Crippen molar-refractivity contribution in [3.8, 4) is 6.07 Å². The molecule has 0 bridgehead atoms. The highest BCUT2D eigenvalue weighted by molar-refractivity contribution is 6.05. The topological polar surface area (TPSA) is 128 Å². The molecular weight excluding hydrogens is 521 g/mol. The number of aromatic nitrogens is 1. The van der Waals surface area contributed by atoms with Crippen molar-refractivity contribution in [3.63, 3.8) is 0 Å². The van der Waals surface area contributed by atoms with Crippen molar-refractivity contribution in [3.05, 3.63) is 88.9 Å². The molecule has 1 fully saturated rings. The Bertz CT molecular complexity index is 1470. The first-order valence-electron chi connectivity index (χ1n) is 12.4. The number of carbonyl (C=O) groups is 1. The number of hydrogen-bond acceptors (Lipinski definition) is 8. The Labute approximate surface area is 230 Å². The third-order valence-electron chi connectivity index (χ3n) is 6.60. The maximum absolute atomic E-state index is 13.7. The number of nitrogens with zero attached hydrogens (tertiary/aromatic N) is 5. The third kappa shape index (κ3) is 6.69. The van der Waals surface area contributed by atoms with E-state index in [1.54, 1.807) is 31.2 Å². The van der Waals surface area contributed by atoms with Crippen LogP contribution in [0, 0.1) is 18.3 Å². The molecule has 0 spiro atoms. The largest absolute Gasteiger partial charge is 0.416 e. The third-order valence-corrected chi connectivity index (χ3v) is 6.60. The van der Waals surface area contributed by atoms with Gasteiger partial charge in [-0.05, 0) is 55.9 Å². The zero-order valence-electron chi connectivity index (χ0n) is 22.0. The summed E-state index contributed by atoms with van der Waals surface area (Å²) < 4.78 is 41.1. The van der Waals surface area contributed by atoms with Gasteiger partial charge in [-0.2, -0.15) is 18.4 Å². The molecule has 12 heteroatoms. The first-order valence-corrected chi connectivity index (χ1v) is 12.4. The SMILES string of the molecule is Cc1ccc(C(=O)Nc2cc(N3CCN(C)CC3)cc(C(F)(F)F)c2)cc1N(N)/C=C(\N)c1cncc(C#N)c1. The summed E-state index contributed by atoms with van der Waals surface area (Å²) in [4.78, 5) is 21.1. The number of anilines is 3. The standard InChI is InChI=1S/C28H29F3N8O/c1-18-3-4-20(10-26(18)39(34)17-25(33)21-9-19(14-32)15-35-16-21)27(40)36-23-11-22(28(29,30)31)12-24(13-23)38-7-5-37(2)6-8-38/h3-4,9-13,15-17H,5-8,33-34H2,1-2H3,(H,36,40)/b25-17-. The fraction of sp³-hybridized carbons (Fsp3) is 0.250. The van der Waals surface area contributed by atoms with E-state index in [4.69, 9.17) is 16.8 Å². The smallest absolute Gasteiger partial charge is 0.397 e. The van der Waals surface area contributed by atoms with Crippen molar-refractivity contribution in [2.24, 2.45) is 11.6 Å². The highest BCUT2D eigenvalue weighted by Gasteiger charge is 2.32. The summed E-state index contributed by atoms with van der Waals surface area (Å²) in [6.07, 6.45) is -0.255. The number of hydrazine groups is 1. The number of benzene rings is 2. The molecule has 0 unspecified atom stereocenters. The van der Waals surface area contributed by atoms with Crippen LogP contribution < -0.4 is 26.8 Å². The highest BCUT2D eigenvalue weighted by atomic mass is 19.4. The molecule has 1 aromatic heterocycles. The quantitative estimate of drug-likeness (QED) is 0.311. The molecule has 9 nitrogen and oxygen atoms in total. The second kappa shape index (κ2) is 11.6. The van der Waals surface area contributed by atoms with Gasteiger partial charge in [-0.15, -0.1) is 0 Å². The number of nitrogens with one attached hydrogen (secondary N) is 1. The number of amides is 1. The van der Waals surface area contributed by atoms with Gasteiger partial charge in [0.2, 0.25) is 0 Å². The van der Waals surface area contributed by atoms with Crippen molar-refractivity contribution in [2.75, 3.05) is 48.5 Å². The first kappa shape index (κ1) is 28.4. The van der Waals surface area contributed by atoms with Crippen molar-refractivity contribution >= 4 is 28.7 Å². The van der Waals surface area contributed by atoms with Crippen LogP contribution in [0.1, 0.15) is 32.6 Å². The molecule has 5 N–H and O–H groups in total. The van der Waals surface area contributed by atoms with Crippen LogP contribution >= 0.6 is 0 Å². The van der Waals surface area contributed by atoms with Crippen molar-refractivity contribution < 1.29 is 18.0 Å². The van der Waals surface area contributed by atoms with Crippen LogP contribution in [-0.4, -0.2) is 49.0 Å². The van der Waals surface area contributed by atoms with E-state index in [0.29, 0.717) is 35.6 Å². The van der Waals surface area contributed by atoms with Crippen LogP contribution in [0.25, 0.3) is 5.70 Å². The minimum absolute atomic E-state index is 0.0366. The Kier molecular flexibility index (Phi) is 8.27. The zero-order valence-corrected chi connectivity index (χ0v) is 22.0. The number of nitrogens with two attached hydrogens (primary N) is 2. The van der Waals surface area contributed by atoms with Gasteiger partial charge in [0.15, 0.2) is 0 Å². The molecule has 1 aliphatic rings. The summed E-state index contributed by atoms with van der Waals surface area (Å²) in [5, 5.41) is 12.9. The number of alkyl halides is 3. The molecule has 2 heterocycles. The van der Waals surface area contributed by atoms with Gasteiger partial charge in [-0.25, -0.2) is 5.84 Å². The minimum Gasteiger partial charge on any atom is -0.397 e. The van der Waals surface area contributed by atoms with E-state index in [9.17, 15) is 18.0 Å². The van der Waals surface area contributed by atoms with Crippen molar-refractivity contribution in [1.29, 1.82) is 5.26 Å². The van der Waals surface area contributed by atoms with Gasteiger partial charge in [0.1, 0.15) is 6.07 Å². The average molecular weight is 551 g/mol. The number of rotatable bonds is 6. The molecule has 3 aromatic rings. The number of aryl methyl sites for hydroxylation is 1. The second-order valence-electron chi connectivity index (χ2n) is 9.58. The lowest BCUT2D eigenvalue weighted by Crippen LogP contribution is -2.44. The van der Waals surface area contributed by atoms with E-state index in [0.717, 1.165) is 30.8 Å². The average Bonchev–Trinajstić information content (AvgIpc) is 2.93. The van der Waals surface area contributed by atoms with Crippen LogP contribution in [0.5, 0.6) is 0 Å². The van der Waals surface area contributed by atoms with Crippen LogP contribution in [-0.2, 0) is 6.18 Å². The van der Waals surface area contributed by atoms with E-state index in [1.165, 1.54) is 29.7 Å². The number of halogens is 3. The number of pyridine rings is 1. The number of nitriles is 1. The molecule has 0 saturated carbocycles. The molecule has 1 aliphatic heterocycles. The number of piperazine rings is 1. The molecule has 2 aromatic carbocycles. The van der Waals surface area contributed by atoms with Gasteiger partial charge in [0, 0.05) is 67.3 Å². The summed E-state index contributed by atoms with van der Waals surface area (Å²) >= 11 is 0. The monoisotopic (exact) mass is 550 g/mol. The molecular formula is C28H29F3N8O. The molecule has 1 amide bonds. The second-order valence-corrected chi connectivity index (χ2v) is 9.58. The maximum atomic E-state index is 13.7. The first-order chi connectivity index (χ1) is 18.9. The van der Waals surface area contributed by atoms with Gasteiger partial charge >= 0.3 is 6.18 Å². The predicted molar refractivity (Wildman–Crippen MR) is 148 cm³/mol. The zero-order chi connectivity index (χ0) is 29.0. The summed E-state index contributed by atoms with van der Waals surface area (Å²) in [6, 6.07) is 11.9. The molecule has 0 atom stereocenters. The van der Waals surface area contributed by atoms with E-state index in [-0.39, 0.29) is 16.9 Å². The van der Waals surface area contributed by atoms with Gasteiger partial charge in [0.25, 0.3) is 5.91 Å². The normalized spacial score (nSPS) is 14.5. The fourth-order valence-corrected chi connectivity index (χ4v) is 4.28. The Morgan fingerprint density at radius 2 is 1.82 bits per heavy atom. The van der Waals surface area contributed by atoms with Crippen molar-refractivity contribution in [2.45, 2.75) is 13.1 Å². The van der Waals surface area contributed by atoms with Gasteiger partial charge in [-0.3, -0.25) is 14.8 Å². The minimum atomic E-state index is -4.58. The summed E-state index contributed by atoms with van der Waals surface area (Å²) in [6.45, 7) is 4.38. The Morgan fingerprint density at radius 3 is 2.50 bits per heavy atom. The lowest BCUT2D eigenvalue weighted by molar-refractivity contribution is -0.137. The summed E-state index contributed by atoms with van der Waals surface area (Å²) in [7, 11) is 1.96. The molecule has 1 saturated heterocycles. The van der Waals surface area contributed by atoms with Gasteiger partial charge in [0.05, 0.1) is 22.5 Å².